The van der Waals surface area contributed by atoms with Gasteiger partial charge in [0.25, 0.3) is 0 Å². The molecule has 3 aromatic rings. The molecule has 5 nitrogen and oxygen atoms in total. The number of nitrogens with zero attached hydrogens (tertiary/aromatic N) is 3. The summed E-state index contributed by atoms with van der Waals surface area (Å²) in [6.07, 6.45) is -2.68. The molecule has 0 saturated carbocycles. The van der Waals surface area contributed by atoms with Gasteiger partial charge in [0.1, 0.15) is 5.01 Å². The predicted octanol–water partition coefficient (Wildman–Crippen LogP) is 4.19. The first-order valence-electron chi connectivity index (χ1n) is 7.76. The first-order valence-corrected chi connectivity index (χ1v) is 8.64. The Labute approximate surface area is 175 Å². The monoisotopic (exact) mass is 507 g/mol. The Morgan fingerprint density at radius 2 is 1.89 bits per heavy atom. The van der Waals surface area contributed by atoms with Crippen LogP contribution in [0.2, 0.25) is 0 Å². The number of rotatable bonds is 4. The van der Waals surface area contributed by atoms with Crippen molar-refractivity contribution in [3.8, 4) is 0 Å². The molecule has 2 aromatic heterocycles. The van der Waals surface area contributed by atoms with Gasteiger partial charge in [0.05, 0.1) is 12.1 Å². The van der Waals surface area contributed by atoms with Gasteiger partial charge in [0.15, 0.2) is 11.7 Å². The molecule has 0 atom stereocenters. The topological polar surface area (TPSA) is 62.2 Å². The summed E-state index contributed by atoms with van der Waals surface area (Å²) in [5.41, 5.74) is 1.02. The van der Waals surface area contributed by atoms with E-state index in [0.29, 0.717) is 17.5 Å². The molecule has 0 aliphatic carbocycles. The predicted molar refractivity (Wildman–Crippen MR) is 111 cm³/mol. The number of hydrogen-bond donors (Lipinski definition) is 2. The molecule has 0 aliphatic heterocycles. The Morgan fingerprint density at radius 3 is 2.59 bits per heavy atom. The SMILES string of the molecule is CN=C(NCc1nc(C(F)(F)F)cs1)NCc1cccc2cccnc12.I. The van der Waals surface area contributed by atoms with Crippen molar-refractivity contribution >= 4 is 52.2 Å². The number of nitrogens with one attached hydrogen (secondary N) is 2. The minimum atomic E-state index is -4.42. The van der Waals surface area contributed by atoms with E-state index in [-0.39, 0.29) is 30.5 Å². The van der Waals surface area contributed by atoms with E-state index >= 15 is 0 Å². The third-order valence-electron chi connectivity index (χ3n) is 3.64. The van der Waals surface area contributed by atoms with E-state index in [1.807, 2.05) is 30.3 Å². The van der Waals surface area contributed by atoms with Gasteiger partial charge >= 0.3 is 6.18 Å². The minimum Gasteiger partial charge on any atom is -0.352 e. The van der Waals surface area contributed by atoms with Crippen LogP contribution in [0.1, 0.15) is 16.3 Å². The lowest BCUT2D eigenvalue weighted by Gasteiger charge is -2.12. The maximum Gasteiger partial charge on any atom is 0.434 e. The summed E-state index contributed by atoms with van der Waals surface area (Å²) >= 11 is 0.959. The molecule has 0 amide bonds. The van der Waals surface area contributed by atoms with Crippen LogP contribution in [-0.4, -0.2) is 23.0 Å². The van der Waals surface area contributed by atoms with Gasteiger partial charge in [0, 0.05) is 30.6 Å². The second-order valence-corrected chi connectivity index (χ2v) is 6.34. The van der Waals surface area contributed by atoms with Gasteiger partial charge in [-0.05, 0) is 11.6 Å². The third kappa shape index (κ3) is 5.51. The van der Waals surface area contributed by atoms with Crippen molar-refractivity contribution in [3.05, 3.63) is 58.2 Å². The lowest BCUT2D eigenvalue weighted by Crippen LogP contribution is -2.36. The average molecular weight is 507 g/mol. The van der Waals surface area contributed by atoms with Crippen molar-refractivity contribution in [2.24, 2.45) is 4.99 Å². The highest BCUT2D eigenvalue weighted by atomic mass is 127. The summed E-state index contributed by atoms with van der Waals surface area (Å²) in [6.45, 7) is 0.647. The van der Waals surface area contributed by atoms with Crippen molar-refractivity contribution in [1.82, 2.24) is 20.6 Å². The van der Waals surface area contributed by atoms with E-state index in [4.69, 9.17) is 0 Å². The average Bonchev–Trinajstić information content (AvgIpc) is 3.11. The summed E-state index contributed by atoms with van der Waals surface area (Å²) in [7, 11) is 1.60. The molecule has 2 heterocycles. The highest BCUT2D eigenvalue weighted by Gasteiger charge is 2.33. The van der Waals surface area contributed by atoms with E-state index in [2.05, 4.69) is 25.6 Å². The highest BCUT2D eigenvalue weighted by Crippen LogP contribution is 2.29. The largest absolute Gasteiger partial charge is 0.434 e. The van der Waals surface area contributed by atoms with Gasteiger partial charge in [-0.1, -0.05) is 24.3 Å². The van der Waals surface area contributed by atoms with E-state index in [0.717, 1.165) is 33.2 Å². The van der Waals surface area contributed by atoms with Gasteiger partial charge in [0.2, 0.25) is 0 Å². The standard InChI is InChI=1S/C17H16F3N5S.HI/c1-21-16(24-9-14-25-13(10-26-14)17(18,19)20)23-8-12-5-2-4-11-6-3-7-22-15(11)12;/h2-7,10H,8-9H2,1H3,(H2,21,23,24);1H. The fourth-order valence-electron chi connectivity index (χ4n) is 2.39. The molecule has 0 unspecified atom stereocenters. The van der Waals surface area contributed by atoms with E-state index in [1.165, 1.54) is 0 Å². The van der Waals surface area contributed by atoms with Gasteiger partial charge in [-0.25, -0.2) is 4.98 Å². The minimum absolute atomic E-state index is 0. The van der Waals surface area contributed by atoms with Crippen LogP contribution in [0.3, 0.4) is 0 Å². The van der Waals surface area contributed by atoms with Crippen LogP contribution in [0.4, 0.5) is 13.2 Å². The van der Waals surface area contributed by atoms with Crippen molar-refractivity contribution in [2.45, 2.75) is 19.3 Å². The second-order valence-electron chi connectivity index (χ2n) is 5.40. The van der Waals surface area contributed by atoms with Crippen molar-refractivity contribution in [1.29, 1.82) is 0 Å². The quantitative estimate of drug-likeness (QED) is 0.316. The zero-order chi connectivity index (χ0) is 18.6. The smallest absolute Gasteiger partial charge is 0.352 e. The number of benzene rings is 1. The Balaban J connectivity index is 0.00000261. The van der Waals surface area contributed by atoms with Gasteiger partial charge < -0.3 is 10.6 Å². The number of fused-ring (bicyclic) bond motifs is 1. The molecule has 0 spiro atoms. The molecule has 0 bridgehead atoms. The summed E-state index contributed by atoms with van der Waals surface area (Å²) in [6, 6.07) is 9.76. The summed E-state index contributed by atoms with van der Waals surface area (Å²) < 4.78 is 37.8. The number of alkyl halides is 3. The molecule has 1 aromatic carbocycles. The lowest BCUT2D eigenvalue weighted by molar-refractivity contribution is -0.140. The van der Waals surface area contributed by atoms with Gasteiger partial charge in [-0.3, -0.25) is 9.98 Å². The number of para-hydroxylation sites is 1. The molecule has 0 aliphatic rings. The van der Waals surface area contributed by atoms with Crippen LogP contribution in [0.25, 0.3) is 10.9 Å². The van der Waals surface area contributed by atoms with E-state index < -0.39 is 11.9 Å². The fourth-order valence-corrected chi connectivity index (χ4v) is 3.13. The zero-order valence-electron chi connectivity index (χ0n) is 14.2. The van der Waals surface area contributed by atoms with Crippen molar-refractivity contribution in [2.75, 3.05) is 7.05 Å². The molecule has 0 fully saturated rings. The zero-order valence-corrected chi connectivity index (χ0v) is 17.4. The fraction of sp³-hybridized carbons (Fsp3) is 0.235. The van der Waals surface area contributed by atoms with Gasteiger partial charge in [-0.15, -0.1) is 35.3 Å². The third-order valence-corrected chi connectivity index (χ3v) is 4.48. The van der Waals surface area contributed by atoms with Crippen LogP contribution < -0.4 is 10.6 Å². The van der Waals surface area contributed by atoms with Crippen molar-refractivity contribution in [3.63, 3.8) is 0 Å². The molecule has 3 rings (SSSR count). The number of halogens is 4. The van der Waals surface area contributed by atoms with Crippen molar-refractivity contribution < 1.29 is 13.2 Å². The molecule has 144 valence electrons. The van der Waals surface area contributed by atoms with Crippen LogP contribution in [0, 0.1) is 0 Å². The Hall–Kier alpha value is -1.95. The Kier molecular flexibility index (Phi) is 7.36. The molecule has 0 saturated heterocycles. The maximum absolute atomic E-state index is 12.6. The number of aromatic nitrogens is 2. The number of guanidine groups is 1. The van der Waals surface area contributed by atoms with Gasteiger partial charge in [-0.2, -0.15) is 13.2 Å². The van der Waals surface area contributed by atoms with E-state index in [9.17, 15) is 13.2 Å². The Morgan fingerprint density at radius 1 is 1.15 bits per heavy atom. The molecule has 27 heavy (non-hydrogen) atoms. The molecule has 2 N–H and O–H groups in total. The number of pyridine rings is 1. The molecule has 10 heteroatoms. The van der Waals surface area contributed by atoms with Crippen LogP contribution >= 0.6 is 35.3 Å². The molecule has 0 radical (unpaired) electrons. The number of aliphatic imine (C=N–C) groups is 1. The normalized spacial score (nSPS) is 11.9. The van der Waals surface area contributed by atoms with Crippen LogP contribution in [0.5, 0.6) is 0 Å². The molecular formula is C17H17F3IN5S. The number of thiazole rings is 1. The summed E-state index contributed by atoms with van der Waals surface area (Å²) in [4.78, 5) is 12.1. The summed E-state index contributed by atoms with van der Waals surface area (Å²) in [5.74, 6) is 0.474. The number of hydrogen-bond acceptors (Lipinski definition) is 4. The lowest BCUT2D eigenvalue weighted by atomic mass is 10.1. The highest BCUT2D eigenvalue weighted by molar-refractivity contribution is 14.0. The Bertz CT molecular complexity index is 921. The molecular weight excluding hydrogens is 490 g/mol. The first kappa shape index (κ1) is 21.4. The maximum atomic E-state index is 12.6. The summed E-state index contributed by atoms with van der Waals surface area (Å²) in [5, 5.41) is 8.49. The van der Waals surface area contributed by atoms with Crippen LogP contribution in [-0.2, 0) is 19.3 Å². The first-order chi connectivity index (χ1) is 12.5. The van der Waals surface area contributed by atoms with Crippen LogP contribution in [0.15, 0.2) is 46.9 Å². The second kappa shape index (κ2) is 9.31. The van der Waals surface area contributed by atoms with E-state index in [1.54, 1.807) is 13.2 Å².